The molecule has 0 bridgehead atoms. The van der Waals surface area contributed by atoms with E-state index < -0.39 is 26.7 Å². The van der Waals surface area contributed by atoms with Crippen molar-refractivity contribution in [2.24, 2.45) is 5.14 Å². The number of halogens is 1. The fourth-order valence-corrected chi connectivity index (χ4v) is 2.20. The molecule has 0 aromatic heterocycles. The lowest BCUT2D eigenvalue weighted by Crippen LogP contribution is -2.16. The highest BCUT2D eigenvalue weighted by atomic mass is 32.2. The Kier molecular flexibility index (Phi) is 4.42. The summed E-state index contributed by atoms with van der Waals surface area (Å²) < 4.78 is 35.8. The highest BCUT2D eigenvalue weighted by molar-refractivity contribution is 7.89. The Labute approximate surface area is 104 Å². The number of aromatic carboxylic acids is 1. The minimum absolute atomic E-state index is 0.228. The van der Waals surface area contributed by atoms with E-state index in [0.717, 1.165) is 18.6 Å². The zero-order chi connectivity index (χ0) is 13.9. The first-order valence-electron chi connectivity index (χ1n) is 5.36. The molecule has 0 aliphatic carbocycles. The summed E-state index contributed by atoms with van der Waals surface area (Å²) in [4.78, 5) is 10.2. The third-order valence-corrected chi connectivity index (χ3v) is 3.42. The van der Waals surface area contributed by atoms with Gasteiger partial charge >= 0.3 is 5.97 Å². The lowest BCUT2D eigenvalue weighted by Gasteiger charge is -2.08. The number of carboxylic acid groups (broad SMARTS) is 1. The Hall–Kier alpha value is -1.47. The third kappa shape index (κ3) is 3.27. The van der Waals surface area contributed by atoms with Crippen LogP contribution in [0.5, 0.6) is 0 Å². The fourth-order valence-electron chi connectivity index (χ4n) is 1.59. The van der Waals surface area contributed by atoms with Gasteiger partial charge in [-0.1, -0.05) is 13.3 Å². The van der Waals surface area contributed by atoms with Gasteiger partial charge in [-0.25, -0.2) is 22.7 Å². The highest BCUT2D eigenvalue weighted by Gasteiger charge is 2.20. The van der Waals surface area contributed by atoms with Crippen molar-refractivity contribution >= 4 is 16.0 Å². The van der Waals surface area contributed by atoms with Crippen LogP contribution in [0.3, 0.4) is 0 Å². The molecule has 5 nitrogen and oxygen atoms in total. The van der Waals surface area contributed by atoms with Gasteiger partial charge in [0.05, 0.1) is 5.56 Å². The van der Waals surface area contributed by atoms with Crippen molar-refractivity contribution in [3.63, 3.8) is 0 Å². The fraction of sp³-hybridized carbons (Fsp3) is 0.364. The smallest absolute Gasteiger partial charge is 0.336 e. The minimum Gasteiger partial charge on any atom is -0.478 e. The maximum atomic E-state index is 13.6. The Morgan fingerprint density at radius 3 is 2.50 bits per heavy atom. The minimum atomic E-state index is -4.27. The summed E-state index contributed by atoms with van der Waals surface area (Å²) in [5.41, 5.74) is 0.0446. The molecule has 0 radical (unpaired) electrons. The van der Waals surface area contributed by atoms with Gasteiger partial charge in [0.1, 0.15) is 10.7 Å². The number of primary sulfonamides is 1. The zero-order valence-electron chi connectivity index (χ0n) is 9.81. The number of carboxylic acids is 1. The van der Waals surface area contributed by atoms with E-state index in [1.54, 1.807) is 0 Å². The van der Waals surface area contributed by atoms with Gasteiger partial charge < -0.3 is 5.11 Å². The van der Waals surface area contributed by atoms with E-state index in [1.165, 1.54) is 0 Å². The molecule has 1 aromatic rings. The molecule has 18 heavy (non-hydrogen) atoms. The van der Waals surface area contributed by atoms with Crippen LogP contribution in [0.15, 0.2) is 17.0 Å². The first kappa shape index (κ1) is 14.6. The molecular weight excluding hydrogens is 261 g/mol. The second-order valence-corrected chi connectivity index (χ2v) is 5.42. The van der Waals surface area contributed by atoms with Gasteiger partial charge in [-0.2, -0.15) is 0 Å². The van der Waals surface area contributed by atoms with E-state index in [0.29, 0.717) is 12.8 Å². The number of sulfonamides is 1. The summed E-state index contributed by atoms with van der Waals surface area (Å²) in [7, 11) is -4.27. The topological polar surface area (TPSA) is 97.5 Å². The van der Waals surface area contributed by atoms with Crippen molar-refractivity contribution in [1.29, 1.82) is 0 Å². The molecule has 7 heteroatoms. The molecule has 0 unspecified atom stereocenters. The number of carbonyl (C=O) groups is 1. The molecule has 0 fully saturated rings. The summed E-state index contributed by atoms with van der Waals surface area (Å²) >= 11 is 0. The van der Waals surface area contributed by atoms with E-state index in [4.69, 9.17) is 10.2 Å². The van der Waals surface area contributed by atoms with Crippen molar-refractivity contribution in [2.45, 2.75) is 31.1 Å². The van der Waals surface area contributed by atoms with Crippen molar-refractivity contribution in [3.8, 4) is 0 Å². The van der Waals surface area contributed by atoms with Gasteiger partial charge in [-0.15, -0.1) is 0 Å². The molecule has 1 aromatic carbocycles. The SMILES string of the molecule is CCCCc1cc(F)c(S(N)(=O)=O)cc1C(=O)O. The molecular formula is C11H14FNO4S. The van der Waals surface area contributed by atoms with Crippen LogP contribution < -0.4 is 5.14 Å². The van der Waals surface area contributed by atoms with Crippen molar-refractivity contribution in [3.05, 3.63) is 29.1 Å². The molecule has 0 aliphatic rings. The summed E-state index contributed by atoms with van der Waals surface area (Å²) in [5.74, 6) is -2.32. The maximum Gasteiger partial charge on any atom is 0.336 e. The van der Waals surface area contributed by atoms with E-state index in [1.807, 2.05) is 6.92 Å². The Bertz CT molecular complexity index is 569. The van der Waals surface area contributed by atoms with Crippen LogP contribution in [0.25, 0.3) is 0 Å². The summed E-state index contributed by atoms with van der Waals surface area (Å²) in [6.45, 7) is 1.91. The van der Waals surface area contributed by atoms with Crippen LogP contribution in [-0.4, -0.2) is 19.5 Å². The summed E-state index contributed by atoms with van der Waals surface area (Å²) in [5, 5.41) is 13.8. The van der Waals surface area contributed by atoms with Crippen LogP contribution in [0.2, 0.25) is 0 Å². The quantitative estimate of drug-likeness (QED) is 0.851. The van der Waals surface area contributed by atoms with Gasteiger partial charge in [-0.05, 0) is 30.5 Å². The van der Waals surface area contributed by atoms with Gasteiger partial charge in [0.2, 0.25) is 10.0 Å². The van der Waals surface area contributed by atoms with Crippen LogP contribution >= 0.6 is 0 Å². The Balaban J connectivity index is 3.39. The molecule has 100 valence electrons. The Morgan fingerprint density at radius 1 is 1.44 bits per heavy atom. The number of hydrogen-bond donors (Lipinski definition) is 2. The van der Waals surface area contributed by atoms with Crippen molar-refractivity contribution in [1.82, 2.24) is 0 Å². The number of nitrogens with two attached hydrogens (primary N) is 1. The molecule has 0 heterocycles. The lowest BCUT2D eigenvalue weighted by molar-refractivity contribution is 0.0695. The predicted octanol–water partition coefficient (Wildman–Crippen LogP) is 1.51. The van der Waals surface area contributed by atoms with Crippen LogP contribution in [0, 0.1) is 5.82 Å². The maximum absolute atomic E-state index is 13.6. The number of hydrogen-bond acceptors (Lipinski definition) is 3. The molecule has 3 N–H and O–H groups in total. The first-order chi connectivity index (χ1) is 8.27. The van der Waals surface area contributed by atoms with Gasteiger partial charge in [-0.3, -0.25) is 0 Å². The average Bonchev–Trinajstić information content (AvgIpc) is 2.23. The second kappa shape index (κ2) is 5.45. The number of benzene rings is 1. The van der Waals surface area contributed by atoms with E-state index in [-0.39, 0.29) is 11.1 Å². The number of rotatable bonds is 5. The normalized spacial score (nSPS) is 11.5. The third-order valence-electron chi connectivity index (χ3n) is 2.49. The molecule has 0 spiro atoms. The average molecular weight is 275 g/mol. The first-order valence-corrected chi connectivity index (χ1v) is 6.90. The predicted molar refractivity (Wildman–Crippen MR) is 63.3 cm³/mol. The lowest BCUT2D eigenvalue weighted by atomic mass is 10.0. The van der Waals surface area contributed by atoms with Gasteiger partial charge in [0.15, 0.2) is 0 Å². The number of unbranched alkanes of at least 4 members (excludes halogenated alkanes) is 1. The largest absolute Gasteiger partial charge is 0.478 e. The van der Waals surface area contributed by atoms with Crippen LogP contribution in [0.4, 0.5) is 4.39 Å². The molecule has 0 saturated carbocycles. The van der Waals surface area contributed by atoms with Crippen molar-refractivity contribution in [2.75, 3.05) is 0 Å². The zero-order valence-corrected chi connectivity index (χ0v) is 10.6. The van der Waals surface area contributed by atoms with Crippen molar-refractivity contribution < 1.29 is 22.7 Å². The van der Waals surface area contributed by atoms with Gasteiger partial charge in [0, 0.05) is 0 Å². The molecule has 0 saturated heterocycles. The molecule has 0 aliphatic heterocycles. The van der Waals surface area contributed by atoms with Crippen LogP contribution in [0.1, 0.15) is 35.7 Å². The molecule has 0 atom stereocenters. The number of aryl methyl sites for hydroxylation is 1. The summed E-state index contributed by atoms with van der Waals surface area (Å²) in [6.07, 6.45) is 1.88. The monoisotopic (exact) mass is 275 g/mol. The molecule has 0 amide bonds. The van der Waals surface area contributed by atoms with Gasteiger partial charge in [0.25, 0.3) is 0 Å². The van der Waals surface area contributed by atoms with E-state index in [9.17, 15) is 17.6 Å². The summed E-state index contributed by atoms with van der Waals surface area (Å²) in [6, 6.07) is 1.71. The van der Waals surface area contributed by atoms with E-state index in [2.05, 4.69) is 0 Å². The standard InChI is InChI=1S/C11H14FNO4S/c1-2-3-4-7-5-9(12)10(18(13,16)17)6-8(7)11(14)15/h5-6H,2-4H2,1H3,(H,14,15)(H2,13,16,17). The highest BCUT2D eigenvalue weighted by Crippen LogP contribution is 2.21. The molecule has 1 rings (SSSR count). The van der Waals surface area contributed by atoms with Crippen LogP contribution in [-0.2, 0) is 16.4 Å². The van der Waals surface area contributed by atoms with E-state index >= 15 is 0 Å². The second-order valence-electron chi connectivity index (χ2n) is 3.89. The Morgan fingerprint density at radius 2 is 2.06 bits per heavy atom.